The number of rotatable bonds is 20. The van der Waals surface area contributed by atoms with Crippen molar-refractivity contribution in [1.82, 2.24) is 9.13 Å². The molecule has 6 aromatic heterocycles. The van der Waals surface area contributed by atoms with Crippen molar-refractivity contribution in [3.63, 3.8) is 0 Å². The molecule has 2 aromatic carbocycles. The van der Waals surface area contributed by atoms with E-state index in [-0.39, 0.29) is 0 Å². The number of benzene rings is 2. The second-order valence-electron chi connectivity index (χ2n) is 15.9. The summed E-state index contributed by atoms with van der Waals surface area (Å²) >= 11 is 22.4. The molecule has 0 saturated carbocycles. The summed E-state index contributed by atoms with van der Waals surface area (Å²) in [6.45, 7) is 11.1. The van der Waals surface area contributed by atoms with Crippen LogP contribution in [0.1, 0.15) is 116 Å². The topological polar surface area (TPSA) is 9.86 Å². The molecule has 8 heteroatoms. The maximum Gasteiger partial charge on any atom is 0.0754 e. The highest BCUT2D eigenvalue weighted by atomic mass is 35.5. The number of unbranched alkanes of at least 4 members (excludes halogenated alkanes) is 8. The van der Waals surface area contributed by atoms with E-state index < -0.39 is 0 Å². The Hall–Kier alpha value is -2.84. The van der Waals surface area contributed by atoms with Crippen molar-refractivity contribution in [3.05, 3.63) is 92.6 Å². The van der Waals surface area contributed by atoms with Crippen molar-refractivity contribution in [2.75, 3.05) is 0 Å². The summed E-state index contributed by atoms with van der Waals surface area (Å²) < 4.78 is 5.27. The lowest BCUT2D eigenvalue weighted by Crippen LogP contribution is -1.98. The molecule has 0 bridgehead atoms. The molecule has 58 heavy (non-hydrogen) atoms. The van der Waals surface area contributed by atoms with Crippen LogP contribution in [0.25, 0.3) is 73.2 Å². The van der Waals surface area contributed by atoms with Crippen molar-refractivity contribution in [3.8, 4) is 40.4 Å². The van der Waals surface area contributed by atoms with Crippen LogP contribution in [-0.2, 0) is 25.9 Å². The predicted octanol–water partition coefficient (Wildman–Crippen LogP) is 18.8. The zero-order chi connectivity index (χ0) is 40.2. The number of aromatic nitrogens is 2. The summed E-state index contributed by atoms with van der Waals surface area (Å²) in [5, 5.41) is 8.56. The van der Waals surface area contributed by atoms with Gasteiger partial charge in [0.25, 0.3) is 0 Å². The first-order valence-corrected chi connectivity index (χ1v) is 25.9. The van der Waals surface area contributed by atoms with E-state index in [1.165, 1.54) is 137 Å². The van der Waals surface area contributed by atoms with Crippen LogP contribution in [0.5, 0.6) is 0 Å². The lowest BCUT2D eigenvalue weighted by molar-refractivity contribution is 0.600. The van der Waals surface area contributed by atoms with E-state index in [0.717, 1.165) is 59.9 Å². The van der Waals surface area contributed by atoms with Gasteiger partial charge in [-0.05, 0) is 109 Å². The zero-order valence-corrected chi connectivity index (χ0v) is 39.3. The van der Waals surface area contributed by atoms with Crippen LogP contribution in [0.2, 0.25) is 10.0 Å². The summed E-state index contributed by atoms with van der Waals surface area (Å²) in [7, 11) is 0. The van der Waals surface area contributed by atoms with Gasteiger partial charge in [-0.15, -0.1) is 45.3 Å². The highest BCUT2D eigenvalue weighted by Crippen LogP contribution is 2.49. The molecule has 0 unspecified atom stereocenters. The monoisotopic (exact) mass is 882 g/mol. The quantitative estimate of drug-likeness (QED) is 0.0675. The van der Waals surface area contributed by atoms with Crippen molar-refractivity contribution in [2.24, 2.45) is 0 Å². The van der Waals surface area contributed by atoms with E-state index in [9.17, 15) is 0 Å². The molecule has 0 aliphatic heterocycles. The molecule has 0 N–H and O–H groups in total. The number of aryl methyl sites for hydroxylation is 4. The van der Waals surface area contributed by atoms with E-state index in [2.05, 4.69) is 108 Å². The zero-order valence-electron chi connectivity index (χ0n) is 34.5. The van der Waals surface area contributed by atoms with Crippen LogP contribution < -0.4 is 0 Å². The third kappa shape index (κ3) is 8.41. The molecular weight excluding hydrogens is 828 g/mol. The fourth-order valence-electron chi connectivity index (χ4n) is 8.69. The lowest BCUT2D eigenvalue weighted by Gasteiger charge is -2.12. The lowest BCUT2D eigenvalue weighted by atomic mass is 10.1. The number of hydrogen-bond donors (Lipinski definition) is 0. The van der Waals surface area contributed by atoms with Gasteiger partial charge in [0.05, 0.1) is 32.1 Å². The maximum atomic E-state index is 7.48. The average Bonchev–Trinajstić information content (AvgIpc) is 4.09. The minimum atomic E-state index is 0.833. The second kappa shape index (κ2) is 19.3. The van der Waals surface area contributed by atoms with Crippen molar-refractivity contribution >= 4 is 101 Å². The number of thiophene rings is 4. The molecule has 0 atom stereocenters. The van der Waals surface area contributed by atoms with Gasteiger partial charge in [0.1, 0.15) is 0 Å². The Morgan fingerprint density at radius 3 is 1.29 bits per heavy atom. The van der Waals surface area contributed by atoms with Gasteiger partial charge in [-0.2, -0.15) is 0 Å². The minimum absolute atomic E-state index is 0.833. The molecule has 0 aliphatic carbocycles. The summed E-state index contributed by atoms with van der Waals surface area (Å²) in [6, 6.07) is 23.2. The Bertz CT molecular complexity index is 2420. The van der Waals surface area contributed by atoms with E-state index >= 15 is 0 Å². The molecule has 0 aliphatic rings. The Labute approximate surface area is 371 Å². The fourth-order valence-corrected chi connectivity index (χ4v) is 13.6. The Balaban J connectivity index is 1.33. The smallest absolute Gasteiger partial charge is 0.0754 e. The highest BCUT2D eigenvalue weighted by molar-refractivity contribution is 7.24. The molecule has 8 aromatic rings. The maximum absolute atomic E-state index is 7.48. The normalized spacial score (nSPS) is 12.0. The van der Waals surface area contributed by atoms with Gasteiger partial charge in [0, 0.05) is 64.3 Å². The molecular formula is C50H56Cl2N2S4. The number of fused-ring (bicyclic) bond motifs is 5. The van der Waals surface area contributed by atoms with Gasteiger partial charge >= 0.3 is 0 Å². The molecule has 0 saturated heterocycles. The molecule has 0 radical (unpaired) electrons. The summed E-state index contributed by atoms with van der Waals surface area (Å²) in [5.74, 6) is 0. The summed E-state index contributed by atoms with van der Waals surface area (Å²) in [4.78, 5) is 8.03. The Morgan fingerprint density at radius 2 is 0.914 bits per heavy atom. The van der Waals surface area contributed by atoms with Gasteiger partial charge in [-0.1, -0.05) is 114 Å². The number of hydrogen-bond acceptors (Lipinski definition) is 4. The first kappa shape index (κ1) is 41.9. The molecule has 6 heterocycles. The van der Waals surface area contributed by atoms with Gasteiger partial charge in [-0.3, -0.25) is 0 Å². The standard InChI is InChI=1S/C50H56Cl2N2S4/c1-5-9-13-15-23-53-41-31-35(45-27-33(19-11-7-3)49(57-45)43-21-17-25-55-43)39(51)29-37(41)48-47(53)38-30-40(52)36(32-42(38)54(48)24-16-14-10-6-2)46-28-34(20-12-8-4)50(58-46)44-22-18-26-56-44/h17-18,21-22,25-32H,5-16,19-20,23-24H2,1-4H3. The van der Waals surface area contributed by atoms with E-state index in [4.69, 9.17) is 23.2 Å². The van der Waals surface area contributed by atoms with Gasteiger partial charge in [-0.25, -0.2) is 0 Å². The van der Waals surface area contributed by atoms with E-state index in [0.29, 0.717) is 0 Å². The van der Waals surface area contributed by atoms with Crippen LogP contribution in [-0.4, -0.2) is 9.13 Å². The van der Waals surface area contributed by atoms with Gasteiger partial charge in [0.15, 0.2) is 0 Å². The van der Waals surface area contributed by atoms with Crippen LogP contribution >= 0.6 is 68.5 Å². The molecule has 304 valence electrons. The Kier molecular flexibility index (Phi) is 13.9. The molecule has 2 nitrogen and oxygen atoms in total. The van der Waals surface area contributed by atoms with E-state index in [1.807, 2.05) is 45.3 Å². The number of halogens is 2. The van der Waals surface area contributed by atoms with Crippen molar-refractivity contribution < 1.29 is 0 Å². The van der Waals surface area contributed by atoms with Crippen molar-refractivity contribution in [2.45, 2.75) is 131 Å². The molecule has 0 spiro atoms. The third-order valence-corrected chi connectivity index (χ3v) is 16.9. The first-order valence-electron chi connectivity index (χ1n) is 21.8. The fraction of sp³-hybridized carbons (Fsp3) is 0.400. The van der Waals surface area contributed by atoms with E-state index in [1.54, 1.807) is 0 Å². The largest absolute Gasteiger partial charge is 0.339 e. The summed E-state index contributed by atoms with van der Waals surface area (Å²) in [5.41, 5.74) is 10.4. The summed E-state index contributed by atoms with van der Waals surface area (Å²) in [6.07, 6.45) is 16.6. The van der Waals surface area contributed by atoms with Crippen molar-refractivity contribution in [1.29, 1.82) is 0 Å². The van der Waals surface area contributed by atoms with Crippen LogP contribution in [0.4, 0.5) is 0 Å². The SMILES string of the molecule is CCCCCCn1c2cc(-c3cc(CCCC)c(-c4cccs4)s3)c(Cl)cc2c2c1c1cc(Cl)c(-c3cc(CCCC)c(-c4cccs4)s3)cc1n2CCCCCC. The molecule has 0 fully saturated rings. The Morgan fingerprint density at radius 1 is 0.483 bits per heavy atom. The average molecular weight is 884 g/mol. The second-order valence-corrected chi connectivity index (χ2v) is 20.7. The van der Waals surface area contributed by atoms with Crippen LogP contribution in [0, 0.1) is 0 Å². The molecule has 8 rings (SSSR count). The van der Waals surface area contributed by atoms with Gasteiger partial charge in [0.2, 0.25) is 0 Å². The predicted molar refractivity (Wildman–Crippen MR) is 264 cm³/mol. The minimum Gasteiger partial charge on any atom is -0.339 e. The number of nitrogens with zero attached hydrogens (tertiary/aromatic N) is 2. The highest BCUT2D eigenvalue weighted by Gasteiger charge is 2.25. The third-order valence-electron chi connectivity index (χ3n) is 11.7. The molecule has 0 amide bonds. The van der Waals surface area contributed by atoms with Gasteiger partial charge < -0.3 is 9.13 Å². The first-order chi connectivity index (χ1) is 28.4. The van der Waals surface area contributed by atoms with Crippen LogP contribution in [0.3, 0.4) is 0 Å². The van der Waals surface area contributed by atoms with Crippen LogP contribution in [0.15, 0.2) is 71.4 Å².